The van der Waals surface area contributed by atoms with Crippen molar-refractivity contribution in [1.82, 2.24) is 71.7 Å². The Bertz CT molecular complexity index is 2610. The first-order valence-corrected chi connectivity index (χ1v) is 27.7. The van der Waals surface area contributed by atoms with Gasteiger partial charge in [0.05, 0.1) is 49.6 Å². The molecule has 3 aliphatic heterocycles. The van der Waals surface area contributed by atoms with E-state index in [1.54, 1.807) is 61.0 Å². The standard InChI is InChI=1S/C55H76N14O8.2ClH/c1-32(56-5)50(70)60-46(54(74)66-26-13-24-44(66)52(72)58-40-22-11-18-36-16-7-9-20-38(36)40)34(3)76-30-42-48-49-43(63-65-69(49)29-15-28-68(48)64-62-42)31-77-35(4)47(61-51(71)33(2)57-6)55(75)67-27-14-25-45(67)53(73)59-41-23-12-19-37-17-8-10-21-39(37)41;;/h7-10,16-17,20-21,32-35,40-41,44-47,56-57H,11-15,18-19,22-31H2,1-6H3,(H,58,72)(H,59,73)(H,60,70)(H,61,71);2*1H/t32-,33-,34+,35+,40+,41+,44-,45-,46-,47?;;/m0../s1. The number of likely N-dealkylation sites (N-methyl/N-ethyl adjacent to an activating group) is 2. The number of rotatable bonds is 20. The number of halogens is 2. The van der Waals surface area contributed by atoms with Gasteiger partial charge >= 0.3 is 0 Å². The molecule has 0 saturated carbocycles. The van der Waals surface area contributed by atoms with Crippen molar-refractivity contribution in [3.63, 3.8) is 0 Å². The highest BCUT2D eigenvalue weighted by molar-refractivity contribution is 5.95. The van der Waals surface area contributed by atoms with E-state index in [2.05, 4.69) is 76.8 Å². The molecule has 0 bridgehead atoms. The molecule has 4 aromatic rings. The van der Waals surface area contributed by atoms with Crippen molar-refractivity contribution in [3.05, 3.63) is 82.2 Å². The molecule has 2 aromatic heterocycles. The van der Waals surface area contributed by atoms with Crippen LogP contribution in [0.4, 0.5) is 0 Å². The molecule has 79 heavy (non-hydrogen) atoms. The third-order valence-corrected chi connectivity index (χ3v) is 16.3. The second kappa shape index (κ2) is 27.4. The van der Waals surface area contributed by atoms with Gasteiger partial charge in [0.1, 0.15) is 46.9 Å². The van der Waals surface area contributed by atoms with Crippen molar-refractivity contribution in [2.24, 2.45) is 0 Å². The average molecular weight is 1130 g/mol. The first kappa shape index (κ1) is 60.6. The minimum Gasteiger partial charge on any atom is -0.369 e. The fourth-order valence-corrected chi connectivity index (χ4v) is 11.6. The Morgan fingerprint density at radius 3 is 1.37 bits per heavy atom. The van der Waals surface area contributed by atoms with Crippen LogP contribution in [0.25, 0.3) is 11.4 Å². The minimum absolute atomic E-state index is 0. The van der Waals surface area contributed by atoms with Crippen LogP contribution in [0.3, 0.4) is 0 Å². The molecule has 5 aliphatic rings. The Morgan fingerprint density at radius 1 is 0.557 bits per heavy atom. The molecule has 430 valence electrons. The third kappa shape index (κ3) is 13.4. The van der Waals surface area contributed by atoms with E-state index in [1.807, 2.05) is 24.3 Å². The molecule has 24 heteroatoms. The number of carbonyl (C=O) groups is 6. The summed E-state index contributed by atoms with van der Waals surface area (Å²) in [7, 11) is 3.32. The molecular formula is C55H78Cl2N14O8. The van der Waals surface area contributed by atoms with Crippen LogP contribution in [0.5, 0.6) is 0 Å². The molecule has 5 heterocycles. The van der Waals surface area contributed by atoms with Crippen LogP contribution in [0.2, 0.25) is 0 Å². The number of aromatic nitrogens is 6. The zero-order valence-electron chi connectivity index (χ0n) is 46.1. The van der Waals surface area contributed by atoms with Crippen molar-refractivity contribution < 1.29 is 38.2 Å². The van der Waals surface area contributed by atoms with Crippen LogP contribution >= 0.6 is 24.8 Å². The van der Waals surface area contributed by atoms with Gasteiger partial charge in [-0.3, -0.25) is 28.8 Å². The molecule has 10 atom stereocenters. The fourth-order valence-electron chi connectivity index (χ4n) is 11.6. The SMILES string of the molecule is CN[C@@H](C)C(=O)NC(C(=O)N1CCC[C@H]1C(=O)N[C@@H]1CCCc2ccccc21)[C@@H](C)OCc1nnn2c1-c1c(CO[C@H](C)[C@H](NC(=O)[C@H](C)NC)C(=O)N3CCC[C@H]3C(=O)N[C@@H]3CCCc4ccccc43)nnn1CCC2.Cl.Cl. The van der Waals surface area contributed by atoms with Gasteiger partial charge < -0.3 is 51.2 Å². The zero-order chi connectivity index (χ0) is 54.3. The number of amides is 6. The Morgan fingerprint density at radius 2 is 0.962 bits per heavy atom. The summed E-state index contributed by atoms with van der Waals surface area (Å²) in [6, 6.07) is 11.0. The van der Waals surface area contributed by atoms with Crippen LogP contribution in [-0.4, -0.2) is 151 Å². The molecular weight excluding hydrogens is 1060 g/mol. The summed E-state index contributed by atoms with van der Waals surface area (Å²) in [5.74, 6) is -2.09. The maximum Gasteiger partial charge on any atom is 0.248 e. The van der Waals surface area contributed by atoms with E-state index < -0.39 is 72.1 Å². The van der Waals surface area contributed by atoms with Gasteiger partial charge in [-0.25, -0.2) is 9.36 Å². The lowest BCUT2D eigenvalue weighted by Gasteiger charge is -2.33. The third-order valence-electron chi connectivity index (χ3n) is 16.3. The Labute approximate surface area is 474 Å². The smallest absolute Gasteiger partial charge is 0.248 e. The lowest BCUT2D eigenvalue weighted by atomic mass is 9.87. The molecule has 0 spiro atoms. The van der Waals surface area contributed by atoms with E-state index in [9.17, 15) is 28.8 Å². The Kier molecular flexibility index (Phi) is 21.0. The molecule has 2 aromatic carbocycles. The molecule has 2 saturated heterocycles. The number of fused-ring (bicyclic) bond motifs is 5. The number of ether oxygens (including phenoxy) is 2. The fraction of sp³-hybridized carbons (Fsp3) is 0.600. The quantitative estimate of drug-likeness (QED) is 0.0744. The highest BCUT2D eigenvalue weighted by Crippen LogP contribution is 2.34. The summed E-state index contributed by atoms with van der Waals surface area (Å²) in [6.07, 6.45) is 6.54. The van der Waals surface area contributed by atoms with Gasteiger partial charge in [-0.05, 0) is 135 Å². The van der Waals surface area contributed by atoms with E-state index in [1.165, 1.54) is 11.1 Å². The van der Waals surface area contributed by atoms with E-state index in [4.69, 9.17) is 9.47 Å². The van der Waals surface area contributed by atoms with Gasteiger partial charge in [-0.1, -0.05) is 59.0 Å². The van der Waals surface area contributed by atoms with Gasteiger partial charge in [0.25, 0.3) is 0 Å². The largest absolute Gasteiger partial charge is 0.369 e. The lowest BCUT2D eigenvalue weighted by Crippen LogP contribution is -2.59. The maximum absolute atomic E-state index is 14.7. The Balaban J connectivity index is 0.00000452. The second-order valence-corrected chi connectivity index (χ2v) is 21.3. The summed E-state index contributed by atoms with van der Waals surface area (Å²) in [5.41, 5.74) is 6.67. The van der Waals surface area contributed by atoms with Crippen LogP contribution in [0.15, 0.2) is 48.5 Å². The van der Waals surface area contributed by atoms with Crippen LogP contribution in [0, 0.1) is 0 Å². The molecule has 6 N–H and O–H groups in total. The van der Waals surface area contributed by atoms with E-state index in [-0.39, 0.29) is 61.9 Å². The van der Waals surface area contributed by atoms with Gasteiger partial charge in [-0.15, -0.1) is 35.0 Å². The van der Waals surface area contributed by atoms with E-state index in [0.717, 1.165) is 49.7 Å². The predicted molar refractivity (Wildman–Crippen MR) is 298 cm³/mol. The normalized spacial score (nSPS) is 21.6. The van der Waals surface area contributed by atoms with E-state index in [0.29, 0.717) is 81.1 Å². The summed E-state index contributed by atoms with van der Waals surface area (Å²) in [4.78, 5) is 87.7. The van der Waals surface area contributed by atoms with Gasteiger partial charge in [0, 0.05) is 26.2 Å². The molecule has 2 fully saturated rings. The molecule has 6 amide bonds. The maximum atomic E-state index is 14.7. The van der Waals surface area contributed by atoms with Crippen molar-refractivity contribution in [2.75, 3.05) is 27.2 Å². The number of aryl methyl sites for hydroxylation is 4. The number of nitrogens with one attached hydrogen (secondary N) is 6. The summed E-state index contributed by atoms with van der Waals surface area (Å²) < 4.78 is 16.5. The highest BCUT2D eigenvalue weighted by atomic mass is 35.5. The molecule has 2 aliphatic carbocycles. The molecule has 1 unspecified atom stereocenters. The van der Waals surface area contributed by atoms with Gasteiger partial charge in [-0.2, -0.15) is 0 Å². The van der Waals surface area contributed by atoms with Crippen molar-refractivity contribution in [1.29, 1.82) is 0 Å². The van der Waals surface area contributed by atoms with Crippen molar-refractivity contribution in [3.8, 4) is 11.4 Å². The van der Waals surface area contributed by atoms with Gasteiger partial charge in [0.15, 0.2) is 0 Å². The minimum atomic E-state index is -1.15. The van der Waals surface area contributed by atoms with Crippen LogP contribution in [0.1, 0.15) is 131 Å². The number of carbonyl (C=O) groups excluding carboxylic acids is 6. The number of likely N-dealkylation sites (tertiary alicyclic amines) is 2. The summed E-state index contributed by atoms with van der Waals surface area (Å²) in [6.45, 7) is 8.30. The predicted octanol–water partition coefficient (Wildman–Crippen LogP) is 3.15. The zero-order valence-corrected chi connectivity index (χ0v) is 47.7. The topological polar surface area (TPSA) is 261 Å². The first-order chi connectivity index (χ1) is 37.3. The molecule has 9 rings (SSSR count). The second-order valence-electron chi connectivity index (χ2n) is 21.3. The van der Waals surface area contributed by atoms with Gasteiger partial charge in [0.2, 0.25) is 35.4 Å². The van der Waals surface area contributed by atoms with E-state index >= 15 is 0 Å². The highest BCUT2D eigenvalue weighted by Gasteiger charge is 2.43. The Hall–Kier alpha value is -6.04. The van der Waals surface area contributed by atoms with Crippen LogP contribution < -0.4 is 31.9 Å². The molecule has 0 radical (unpaired) electrons. The van der Waals surface area contributed by atoms with Crippen molar-refractivity contribution in [2.45, 2.75) is 185 Å². The van der Waals surface area contributed by atoms with Crippen LogP contribution in [-0.2, 0) is 77.4 Å². The lowest BCUT2D eigenvalue weighted by molar-refractivity contribution is -0.145. The summed E-state index contributed by atoms with van der Waals surface area (Å²) in [5, 5.41) is 36.3. The first-order valence-electron chi connectivity index (χ1n) is 27.7. The average Bonchev–Trinajstić information content (AvgIpc) is 4.29. The number of hydrogen-bond donors (Lipinski definition) is 6. The number of hydrogen-bond acceptors (Lipinski definition) is 14. The summed E-state index contributed by atoms with van der Waals surface area (Å²) >= 11 is 0. The van der Waals surface area contributed by atoms with Crippen molar-refractivity contribution >= 4 is 60.3 Å². The molecule has 22 nitrogen and oxygen atoms in total. The number of benzene rings is 2. The monoisotopic (exact) mass is 1130 g/mol. The number of nitrogens with zero attached hydrogens (tertiary/aromatic N) is 8.